The number of pyridine rings is 2. The molecule has 1 aliphatic heterocycles. The van der Waals surface area contributed by atoms with Gasteiger partial charge in [-0.2, -0.15) is 31.4 Å². The Morgan fingerprint density at radius 3 is 2.57 bits per heavy atom. The van der Waals surface area contributed by atoms with Crippen LogP contribution in [0.1, 0.15) is 27.3 Å². The van der Waals surface area contributed by atoms with Crippen LogP contribution in [0.2, 0.25) is 0 Å². The summed E-state index contributed by atoms with van der Waals surface area (Å²) < 4.78 is 101. The molecule has 0 bridgehead atoms. The van der Waals surface area contributed by atoms with Crippen LogP contribution in [-0.2, 0) is 18.9 Å². The first-order valence-corrected chi connectivity index (χ1v) is 12.2. The highest BCUT2D eigenvalue weighted by Gasteiger charge is 2.38. The fourth-order valence-corrected chi connectivity index (χ4v) is 4.71. The zero-order chi connectivity index (χ0) is 30.4. The molecule has 0 radical (unpaired) electrons. The summed E-state index contributed by atoms with van der Waals surface area (Å²) in [6, 6.07) is 4.35. The van der Waals surface area contributed by atoms with Crippen molar-refractivity contribution in [3.8, 4) is 17.1 Å². The first-order chi connectivity index (χ1) is 19.8. The average molecular weight is 598 g/mol. The molecule has 4 aromatic rings. The fourth-order valence-electron chi connectivity index (χ4n) is 4.71. The largest absolute Gasteiger partial charge is 0.480 e. The van der Waals surface area contributed by atoms with Crippen molar-refractivity contribution in [2.45, 2.75) is 31.1 Å². The number of hydrogen-bond acceptors (Lipinski definition) is 8. The van der Waals surface area contributed by atoms with Gasteiger partial charge in [0.1, 0.15) is 29.3 Å². The van der Waals surface area contributed by atoms with E-state index in [-0.39, 0.29) is 48.0 Å². The maximum atomic E-state index is 14.9. The molecule has 4 aromatic heterocycles. The Morgan fingerprint density at radius 2 is 1.88 bits per heavy atom. The van der Waals surface area contributed by atoms with E-state index in [1.165, 1.54) is 36.4 Å². The van der Waals surface area contributed by atoms with Crippen LogP contribution in [0, 0.1) is 0 Å². The standard InChI is InChI=1S/C25H21F7N8O2/c1-42-23-14(5-12(7-34-23)18-6-15(24(27,28)29)20-21(33)35-11-36-40(18)20)22(41)38-17-10-39(9-16(17)26)8-13-3-2-4-19(37-13)25(30,31)32/h2-7,11,16-17H,8-10H2,1H3,(H,38,41)(H2,33,35,36). The van der Waals surface area contributed by atoms with Crippen molar-refractivity contribution in [3.05, 3.63) is 65.4 Å². The van der Waals surface area contributed by atoms with E-state index in [2.05, 4.69) is 25.4 Å². The maximum absolute atomic E-state index is 14.9. The lowest BCUT2D eigenvalue weighted by molar-refractivity contribution is -0.141. The third-order valence-corrected chi connectivity index (χ3v) is 6.60. The van der Waals surface area contributed by atoms with Crippen LogP contribution in [-0.4, -0.2) is 67.8 Å². The van der Waals surface area contributed by atoms with Crippen LogP contribution in [0.3, 0.4) is 0 Å². The number of carbonyl (C=O) groups excluding carboxylic acids is 1. The van der Waals surface area contributed by atoms with Crippen LogP contribution in [0.4, 0.5) is 36.6 Å². The lowest BCUT2D eigenvalue weighted by Crippen LogP contribution is -2.41. The second-order valence-electron chi connectivity index (χ2n) is 9.43. The van der Waals surface area contributed by atoms with Gasteiger partial charge in [0.25, 0.3) is 5.91 Å². The van der Waals surface area contributed by atoms with Crippen LogP contribution in [0.15, 0.2) is 42.9 Å². The summed E-state index contributed by atoms with van der Waals surface area (Å²) in [4.78, 5) is 26.0. The predicted octanol–water partition coefficient (Wildman–Crippen LogP) is 3.77. The van der Waals surface area contributed by atoms with E-state index in [0.717, 1.165) is 23.0 Å². The molecule has 3 N–H and O–H groups in total. The van der Waals surface area contributed by atoms with E-state index in [1.807, 2.05) is 0 Å². The van der Waals surface area contributed by atoms with Gasteiger partial charge in [0.05, 0.1) is 30.1 Å². The number of anilines is 1. The van der Waals surface area contributed by atoms with E-state index in [9.17, 15) is 35.5 Å². The molecule has 222 valence electrons. The van der Waals surface area contributed by atoms with Gasteiger partial charge in [-0.25, -0.2) is 23.9 Å². The highest BCUT2D eigenvalue weighted by atomic mass is 19.4. The molecule has 17 heteroatoms. The van der Waals surface area contributed by atoms with Gasteiger partial charge in [0.15, 0.2) is 5.82 Å². The second kappa shape index (κ2) is 10.7. The van der Waals surface area contributed by atoms with Gasteiger partial charge >= 0.3 is 12.4 Å². The number of hydrogen-bond donors (Lipinski definition) is 2. The zero-order valence-corrected chi connectivity index (χ0v) is 21.5. The zero-order valence-electron chi connectivity index (χ0n) is 21.5. The Bertz CT molecular complexity index is 1640. The van der Waals surface area contributed by atoms with E-state index in [1.54, 1.807) is 0 Å². The second-order valence-corrected chi connectivity index (χ2v) is 9.43. The summed E-state index contributed by atoms with van der Waals surface area (Å²) in [6.45, 7) is -0.324. The summed E-state index contributed by atoms with van der Waals surface area (Å²) in [5.41, 5.74) is 2.86. The summed E-state index contributed by atoms with van der Waals surface area (Å²) in [5, 5.41) is 6.38. The Hall–Kier alpha value is -4.54. The van der Waals surface area contributed by atoms with E-state index < -0.39 is 53.1 Å². The molecule has 1 fully saturated rings. The smallest absolute Gasteiger partial charge is 0.433 e. The van der Waals surface area contributed by atoms with Gasteiger partial charge in [-0.05, 0) is 24.3 Å². The van der Waals surface area contributed by atoms with Crippen molar-refractivity contribution in [2.75, 3.05) is 25.9 Å². The third-order valence-electron chi connectivity index (χ3n) is 6.60. The molecule has 0 aromatic carbocycles. The SMILES string of the molecule is COc1ncc(-c2cc(C(F)(F)F)c3c(N)ncnn23)cc1C(=O)NC1CN(Cc2cccc(C(F)(F)F)n2)CC1F. The number of carbonyl (C=O) groups is 1. The van der Waals surface area contributed by atoms with Crippen molar-refractivity contribution in [1.82, 2.24) is 34.8 Å². The van der Waals surface area contributed by atoms with Crippen molar-refractivity contribution < 1.29 is 40.3 Å². The van der Waals surface area contributed by atoms with Crippen LogP contribution in [0.5, 0.6) is 5.88 Å². The van der Waals surface area contributed by atoms with Crippen LogP contribution < -0.4 is 15.8 Å². The van der Waals surface area contributed by atoms with E-state index in [4.69, 9.17) is 10.5 Å². The van der Waals surface area contributed by atoms with Crippen molar-refractivity contribution >= 4 is 17.2 Å². The molecule has 0 spiro atoms. The number of nitrogen functional groups attached to an aromatic ring is 1. The molecule has 10 nitrogen and oxygen atoms in total. The molecule has 2 unspecified atom stereocenters. The monoisotopic (exact) mass is 598 g/mol. The molecule has 5 rings (SSSR count). The fraction of sp³-hybridized carbons (Fsp3) is 0.320. The number of aromatic nitrogens is 5. The molecule has 5 heterocycles. The summed E-state index contributed by atoms with van der Waals surface area (Å²) in [5.74, 6) is -1.43. The van der Waals surface area contributed by atoms with Gasteiger partial charge in [-0.3, -0.25) is 9.69 Å². The Kier molecular flexibility index (Phi) is 7.38. The minimum absolute atomic E-state index is 0.0463. The molecule has 42 heavy (non-hydrogen) atoms. The highest BCUT2D eigenvalue weighted by molar-refractivity contribution is 5.98. The molecular formula is C25H21F7N8O2. The van der Waals surface area contributed by atoms with Crippen LogP contribution in [0.25, 0.3) is 16.8 Å². The predicted molar refractivity (Wildman–Crippen MR) is 133 cm³/mol. The number of alkyl halides is 7. The Morgan fingerprint density at radius 1 is 1.12 bits per heavy atom. The number of nitrogens with zero attached hydrogens (tertiary/aromatic N) is 6. The van der Waals surface area contributed by atoms with Crippen molar-refractivity contribution in [3.63, 3.8) is 0 Å². The summed E-state index contributed by atoms with van der Waals surface area (Å²) in [7, 11) is 1.22. The third kappa shape index (κ3) is 5.63. The van der Waals surface area contributed by atoms with Gasteiger partial charge in [0.2, 0.25) is 5.88 Å². The maximum Gasteiger partial charge on any atom is 0.433 e. The molecule has 2 atom stereocenters. The molecule has 0 saturated carbocycles. The highest BCUT2D eigenvalue weighted by Crippen LogP contribution is 2.39. The lowest BCUT2D eigenvalue weighted by Gasteiger charge is -2.17. The topological polar surface area (TPSA) is 124 Å². The first-order valence-electron chi connectivity index (χ1n) is 12.2. The minimum Gasteiger partial charge on any atom is -0.480 e. The number of halogens is 7. The van der Waals surface area contributed by atoms with Crippen molar-refractivity contribution in [1.29, 1.82) is 0 Å². The molecule has 1 amide bonds. The molecular weight excluding hydrogens is 577 g/mol. The number of nitrogens with two attached hydrogens (primary N) is 1. The number of fused-ring (bicyclic) bond motifs is 1. The molecule has 0 aliphatic carbocycles. The summed E-state index contributed by atoms with van der Waals surface area (Å²) >= 11 is 0. The van der Waals surface area contributed by atoms with E-state index in [0.29, 0.717) is 0 Å². The minimum atomic E-state index is -4.80. The number of rotatable bonds is 6. The quantitative estimate of drug-likeness (QED) is 0.322. The Balaban J connectivity index is 1.39. The van der Waals surface area contributed by atoms with E-state index >= 15 is 0 Å². The molecule has 1 aliphatic rings. The number of methoxy groups -OCH3 is 1. The first kappa shape index (κ1) is 29.0. The number of ether oxygens (including phenoxy) is 1. The van der Waals surface area contributed by atoms with Gasteiger partial charge in [-0.15, -0.1) is 0 Å². The number of nitrogens with one attached hydrogen (secondary N) is 1. The summed E-state index contributed by atoms with van der Waals surface area (Å²) in [6.07, 6.45) is -8.86. The normalized spacial score (nSPS) is 18.0. The number of amides is 1. The average Bonchev–Trinajstić information content (AvgIpc) is 3.49. The van der Waals surface area contributed by atoms with Crippen molar-refractivity contribution in [2.24, 2.45) is 0 Å². The van der Waals surface area contributed by atoms with Gasteiger partial charge in [0, 0.05) is 31.4 Å². The van der Waals surface area contributed by atoms with Gasteiger partial charge < -0.3 is 15.8 Å². The van der Waals surface area contributed by atoms with Gasteiger partial charge in [-0.1, -0.05) is 6.07 Å². The molecule has 1 saturated heterocycles. The lowest BCUT2D eigenvalue weighted by atomic mass is 10.1. The van der Waals surface area contributed by atoms with Crippen LogP contribution >= 0.6 is 0 Å². The Labute approximate surface area is 232 Å². The number of likely N-dealkylation sites (tertiary alicyclic amines) is 1.